The summed E-state index contributed by atoms with van der Waals surface area (Å²) in [4.78, 5) is 15.2. The largest absolute Gasteiger partial charge is 0.478 e. The molecule has 1 aromatic carbocycles. The van der Waals surface area contributed by atoms with E-state index < -0.39 is 5.97 Å². The molecule has 0 saturated carbocycles. The molecule has 1 N–H and O–H groups in total. The molecule has 0 atom stereocenters. The molecule has 0 unspecified atom stereocenters. The first kappa shape index (κ1) is 14.1. The Morgan fingerprint density at radius 2 is 2.05 bits per heavy atom. The SMILES string of the molecule is CC1=CC=CCC=C1c1cnc(-c2ccc(C(=O)O)cc2)o1. The summed E-state index contributed by atoms with van der Waals surface area (Å²) in [5.74, 6) is 0.254. The van der Waals surface area contributed by atoms with E-state index in [1.54, 1.807) is 30.5 Å². The van der Waals surface area contributed by atoms with Gasteiger partial charge >= 0.3 is 5.97 Å². The first-order valence-electron chi connectivity index (χ1n) is 6.99. The standard InChI is InChI=1S/C18H15NO3/c1-12-5-3-2-4-6-15(12)16-11-19-17(22-16)13-7-9-14(10-8-13)18(20)21/h2-3,5-11H,4H2,1H3,(H,20,21). The topological polar surface area (TPSA) is 63.3 Å². The van der Waals surface area contributed by atoms with Crippen LogP contribution in [0.15, 0.2) is 64.8 Å². The van der Waals surface area contributed by atoms with E-state index in [1.807, 2.05) is 19.1 Å². The van der Waals surface area contributed by atoms with Crippen LogP contribution in [-0.2, 0) is 0 Å². The highest BCUT2D eigenvalue weighted by atomic mass is 16.4. The molecular weight excluding hydrogens is 278 g/mol. The molecule has 3 rings (SSSR count). The van der Waals surface area contributed by atoms with Crippen molar-refractivity contribution in [3.05, 3.63) is 71.7 Å². The minimum Gasteiger partial charge on any atom is -0.478 e. The van der Waals surface area contributed by atoms with Crippen molar-refractivity contribution in [1.29, 1.82) is 0 Å². The van der Waals surface area contributed by atoms with Crippen molar-refractivity contribution >= 4 is 11.5 Å². The number of rotatable bonds is 3. The second-order valence-corrected chi connectivity index (χ2v) is 5.04. The maximum atomic E-state index is 10.9. The van der Waals surface area contributed by atoms with Crippen molar-refractivity contribution in [1.82, 2.24) is 4.98 Å². The molecule has 0 spiro atoms. The van der Waals surface area contributed by atoms with Gasteiger partial charge in [-0.05, 0) is 43.2 Å². The quantitative estimate of drug-likeness (QED) is 0.914. The van der Waals surface area contributed by atoms with Gasteiger partial charge in [0, 0.05) is 11.1 Å². The van der Waals surface area contributed by atoms with Crippen LogP contribution in [0.2, 0.25) is 0 Å². The Labute approximate surface area is 128 Å². The van der Waals surface area contributed by atoms with E-state index in [0.717, 1.165) is 28.9 Å². The third-order valence-electron chi connectivity index (χ3n) is 3.52. The summed E-state index contributed by atoms with van der Waals surface area (Å²) < 4.78 is 5.84. The first-order valence-corrected chi connectivity index (χ1v) is 6.99. The molecule has 4 nitrogen and oxygen atoms in total. The normalized spacial score (nSPS) is 14.2. The number of aromatic carboxylic acids is 1. The van der Waals surface area contributed by atoms with E-state index in [0.29, 0.717) is 5.89 Å². The van der Waals surface area contributed by atoms with Crippen LogP contribution >= 0.6 is 0 Å². The lowest BCUT2D eigenvalue weighted by molar-refractivity contribution is 0.0697. The average Bonchev–Trinajstić information content (AvgIpc) is 2.90. The Morgan fingerprint density at radius 3 is 2.77 bits per heavy atom. The smallest absolute Gasteiger partial charge is 0.335 e. The van der Waals surface area contributed by atoms with Crippen LogP contribution in [0.5, 0.6) is 0 Å². The Bertz CT molecular complexity index is 792. The minimum absolute atomic E-state index is 0.242. The van der Waals surface area contributed by atoms with E-state index in [4.69, 9.17) is 9.52 Å². The van der Waals surface area contributed by atoms with Crippen molar-refractivity contribution in [2.75, 3.05) is 0 Å². The fourth-order valence-corrected chi connectivity index (χ4v) is 2.31. The van der Waals surface area contributed by atoms with Crippen LogP contribution in [0.3, 0.4) is 0 Å². The number of hydrogen-bond acceptors (Lipinski definition) is 3. The number of allylic oxidation sites excluding steroid dienone is 6. The van der Waals surface area contributed by atoms with Gasteiger partial charge < -0.3 is 9.52 Å². The number of carboxylic acid groups (broad SMARTS) is 1. The monoisotopic (exact) mass is 293 g/mol. The van der Waals surface area contributed by atoms with Crippen molar-refractivity contribution in [2.24, 2.45) is 0 Å². The summed E-state index contributed by atoms with van der Waals surface area (Å²) in [7, 11) is 0. The number of nitrogens with zero attached hydrogens (tertiary/aromatic N) is 1. The van der Waals surface area contributed by atoms with E-state index in [9.17, 15) is 4.79 Å². The third-order valence-corrected chi connectivity index (χ3v) is 3.52. The number of carbonyl (C=O) groups is 1. The van der Waals surface area contributed by atoms with Crippen LogP contribution in [-0.4, -0.2) is 16.1 Å². The molecule has 22 heavy (non-hydrogen) atoms. The van der Waals surface area contributed by atoms with E-state index in [1.165, 1.54) is 0 Å². The zero-order chi connectivity index (χ0) is 15.5. The lowest BCUT2D eigenvalue weighted by Gasteiger charge is -2.02. The number of benzene rings is 1. The highest BCUT2D eigenvalue weighted by Crippen LogP contribution is 2.29. The van der Waals surface area contributed by atoms with Crippen LogP contribution in [0.4, 0.5) is 0 Å². The molecule has 110 valence electrons. The molecule has 0 radical (unpaired) electrons. The molecule has 0 saturated heterocycles. The van der Waals surface area contributed by atoms with Crippen molar-refractivity contribution in [3.8, 4) is 11.5 Å². The molecule has 1 aliphatic carbocycles. The molecular formula is C18H15NO3. The highest BCUT2D eigenvalue weighted by molar-refractivity contribution is 5.88. The Hall–Kier alpha value is -2.88. The Balaban J connectivity index is 1.91. The van der Waals surface area contributed by atoms with Crippen molar-refractivity contribution < 1.29 is 14.3 Å². The van der Waals surface area contributed by atoms with Gasteiger partial charge in [0.15, 0.2) is 5.76 Å². The summed E-state index contributed by atoms with van der Waals surface area (Å²) in [5, 5.41) is 8.92. The summed E-state index contributed by atoms with van der Waals surface area (Å²) in [6.07, 6.45) is 10.8. The van der Waals surface area contributed by atoms with Gasteiger partial charge in [-0.2, -0.15) is 0 Å². The fourth-order valence-electron chi connectivity index (χ4n) is 2.31. The molecule has 1 aliphatic rings. The molecule has 0 amide bonds. The van der Waals surface area contributed by atoms with Crippen molar-refractivity contribution in [3.63, 3.8) is 0 Å². The van der Waals surface area contributed by atoms with Gasteiger partial charge in [-0.1, -0.05) is 24.3 Å². The van der Waals surface area contributed by atoms with E-state index in [-0.39, 0.29) is 5.56 Å². The number of hydrogen-bond donors (Lipinski definition) is 1. The molecule has 4 heteroatoms. The molecule has 0 aliphatic heterocycles. The van der Waals surface area contributed by atoms with Gasteiger partial charge in [-0.25, -0.2) is 9.78 Å². The molecule has 0 fully saturated rings. The second-order valence-electron chi connectivity index (χ2n) is 5.04. The van der Waals surface area contributed by atoms with Gasteiger partial charge in [-0.3, -0.25) is 0 Å². The maximum absolute atomic E-state index is 10.9. The van der Waals surface area contributed by atoms with Crippen LogP contribution in [0.1, 0.15) is 29.5 Å². The van der Waals surface area contributed by atoms with Crippen LogP contribution in [0, 0.1) is 0 Å². The highest BCUT2D eigenvalue weighted by Gasteiger charge is 2.13. The molecule has 0 bridgehead atoms. The average molecular weight is 293 g/mol. The summed E-state index contributed by atoms with van der Waals surface area (Å²) in [5.41, 5.74) is 3.15. The zero-order valence-corrected chi connectivity index (χ0v) is 12.1. The van der Waals surface area contributed by atoms with Crippen LogP contribution < -0.4 is 0 Å². The van der Waals surface area contributed by atoms with Crippen LogP contribution in [0.25, 0.3) is 17.0 Å². The number of oxazole rings is 1. The predicted octanol–water partition coefficient (Wildman–Crippen LogP) is 4.33. The van der Waals surface area contributed by atoms with Gasteiger partial charge in [0.1, 0.15) is 0 Å². The second kappa shape index (κ2) is 5.85. The Morgan fingerprint density at radius 1 is 1.27 bits per heavy atom. The van der Waals surface area contributed by atoms with Gasteiger partial charge in [-0.15, -0.1) is 0 Å². The van der Waals surface area contributed by atoms with Gasteiger partial charge in [0.05, 0.1) is 11.8 Å². The maximum Gasteiger partial charge on any atom is 0.335 e. The Kier molecular flexibility index (Phi) is 3.74. The summed E-state index contributed by atoms with van der Waals surface area (Å²) in [6, 6.07) is 6.48. The van der Waals surface area contributed by atoms with E-state index >= 15 is 0 Å². The summed E-state index contributed by atoms with van der Waals surface area (Å²) in [6.45, 7) is 2.03. The number of aromatic nitrogens is 1. The lowest BCUT2D eigenvalue weighted by Crippen LogP contribution is -1.94. The summed E-state index contributed by atoms with van der Waals surface area (Å²) >= 11 is 0. The van der Waals surface area contributed by atoms with Crippen molar-refractivity contribution in [2.45, 2.75) is 13.3 Å². The zero-order valence-electron chi connectivity index (χ0n) is 12.1. The first-order chi connectivity index (χ1) is 10.6. The number of carboxylic acids is 1. The predicted molar refractivity (Wildman–Crippen MR) is 84.4 cm³/mol. The molecule has 2 aromatic rings. The molecule has 1 aromatic heterocycles. The van der Waals surface area contributed by atoms with E-state index in [2.05, 4.69) is 17.1 Å². The minimum atomic E-state index is -0.948. The molecule has 1 heterocycles. The van der Waals surface area contributed by atoms with Gasteiger partial charge in [0.2, 0.25) is 5.89 Å². The lowest BCUT2D eigenvalue weighted by atomic mass is 10.1. The third kappa shape index (κ3) is 2.76. The fraction of sp³-hybridized carbons (Fsp3) is 0.111. The van der Waals surface area contributed by atoms with Gasteiger partial charge in [0.25, 0.3) is 0 Å².